The second-order valence-electron chi connectivity index (χ2n) is 8.56. The van der Waals surface area contributed by atoms with Crippen molar-refractivity contribution in [2.45, 2.75) is 77.6 Å². The molecule has 3 N–H and O–H groups in total. The van der Waals surface area contributed by atoms with Crippen LogP contribution in [0.15, 0.2) is 47.2 Å². The Hall–Kier alpha value is -3.02. The number of aromatic amines is 2. The number of hydrogen-bond donors (Lipinski definition) is 3. The summed E-state index contributed by atoms with van der Waals surface area (Å²) in [4.78, 5) is 21.9. The van der Waals surface area contributed by atoms with Crippen molar-refractivity contribution < 1.29 is 14.6 Å². The van der Waals surface area contributed by atoms with E-state index in [4.69, 9.17) is 14.8 Å². The molecule has 0 saturated heterocycles. The quantitative estimate of drug-likeness (QED) is 0.237. The van der Waals surface area contributed by atoms with Gasteiger partial charge in [0.1, 0.15) is 5.75 Å². The molecule has 6 nitrogen and oxygen atoms in total. The van der Waals surface area contributed by atoms with Gasteiger partial charge in [0, 0.05) is 24.4 Å². The summed E-state index contributed by atoms with van der Waals surface area (Å²) in [5.41, 5.74) is 5.07. The molecule has 0 atom stereocenters. The first-order valence-corrected chi connectivity index (χ1v) is 12.3. The Bertz CT molecular complexity index is 951. The molecule has 33 heavy (non-hydrogen) atoms. The monoisotopic (exact) mass is 451 g/mol. The third-order valence-corrected chi connectivity index (χ3v) is 5.83. The fourth-order valence-electron chi connectivity index (χ4n) is 4.09. The highest BCUT2D eigenvalue weighted by Crippen LogP contribution is 2.29. The van der Waals surface area contributed by atoms with E-state index in [1.807, 2.05) is 31.3 Å². The number of unbranched alkanes of at least 4 members (excludes halogenated alkanes) is 8. The van der Waals surface area contributed by atoms with Crippen LogP contribution in [0, 0.1) is 0 Å². The Morgan fingerprint density at radius 1 is 1.03 bits per heavy atom. The largest absolute Gasteiger partial charge is 0.492 e. The first-order chi connectivity index (χ1) is 16.2. The second-order valence-corrected chi connectivity index (χ2v) is 8.56. The topological polar surface area (TPSA) is 90.5 Å². The van der Waals surface area contributed by atoms with Crippen molar-refractivity contribution in [2.24, 2.45) is 4.99 Å². The molecular weight excluding hydrogens is 414 g/mol. The lowest BCUT2D eigenvalue weighted by Gasteiger charge is -2.02. The van der Waals surface area contributed by atoms with E-state index in [0.29, 0.717) is 13.0 Å². The van der Waals surface area contributed by atoms with E-state index in [1.54, 1.807) is 0 Å². The highest BCUT2D eigenvalue weighted by atomic mass is 16.5. The van der Waals surface area contributed by atoms with Crippen LogP contribution in [0.5, 0.6) is 5.75 Å². The van der Waals surface area contributed by atoms with Crippen molar-refractivity contribution >= 4 is 17.8 Å². The van der Waals surface area contributed by atoms with Gasteiger partial charge < -0.3 is 19.8 Å². The molecule has 0 spiro atoms. The smallest absolute Gasteiger partial charge is 0.303 e. The van der Waals surface area contributed by atoms with Crippen LogP contribution in [-0.2, 0) is 4.79 Å². The van der Waals surface area contributed by atoms with Crippen molar-refractivity contribution in [1.82, 2.24) is 9.97 Å². The van der Waals surface area contributed by atoms with Crippen LogP contribution in [0.4, 0.5) is 0 Å². The molecule has 0 aliphatic carbocycles. The van der Waals surface area contributed by atoms with Crippen molar-refractivity contribution in [2.75, 3.05) is 6.61 Å². The minimum atomic E-state index is -0.680. The molecule has 1 aliphatic heterocycles. The van der Waals surface area contributed by atoms with Gasteiger partial charge in [0.25, 0.3) is 0 Å². The lowest BCUT2D eigenvalue weighted by Crippen LogP contribution is -1.93. The standard InChI is InChI=1S/C27H37N3O3/c1-2-33-26-20-24(23-14-12-18-28-23)30-25(26)19-22-17-16-21(29-22)13-10-8-6-4-3-5-7-9-11-15-27(31)32/h12,14,16-20,28,30H,2-11,13,15H2,1H3,(H,31,32). The number of aliphatic carboxylic acids is 1. The SMILES string of the molecule is CCOc1cc(-c2ccc[nH]2)[nH]c1C=C1C=CC(CCCCCCCCCCCC(=O)O)=N1. The average molecular weight is 452 g/mol. The molecule has 0 radical (unpaired) electrons. The number of carboxylic acids is 1. The lowest BCUT2D eigenvalue weighted by atomic mass is 10.0. The number of ether oxygens (including phenoxy) is 1. The number of hydrogen-bond acceptors (Lipinski definition) is 3. The first-order valence-electron chi connectivity index (χ1n) is 12.3. The van der Waals surface area contributed by atoms with Crippen molar-refractivity contribution in [1.29, 1.82) is 0 Å². The molecule has 0 bridgehead atoms. The third kappa shape index (κ3) is 8.44. The lowest BCUT2D eigenvalue weighted by molar-refractivity contribution is -0.137. The summed E-state index contributed by atoms with van der Waals surface area (Å²) in [5.74, 6) is 0.161. The average Bonchev–Trinajstić information content (AvgIpc) is 3.54. The summed E-state index contributed by atoms with van der Waals surface area (Å²) in [7, 11) is 0. The molecule has 2 aromatic heterocycles. The van der Waals surface area contributed by atoms with Crippen LogP contribution < -0.4 is 4.74 Å². The first kappa shape index (κ1) is 24.6. The predicted octanol–water partition coefficient (Wildman–Crippen LogP) is 7.14. The summed E-state index contributed by atoms with van der Waals surface area (Å²) >= 11 is 0. The van der Waals surface area contributed by atoms with Crippen molar-refractivity contribution in [3.63, 3.8) is 0 Å². The fraction of sp³-hybridized carbons (Fsp3) is 0.481. The Morgan fingerprint density at radius 3 is 2.42 bits per heavy atom. The zero-order chi connectivity index (χ0) is 23.3. The molecule has 0 amide bonds. The number of aromatic nitrogens is 2. The third-order valence-electron chi connectivity index (χ3n) is 5.83. The number of carboxylic acid groups (broad SMARTS) is 1. The van der Waals surface area contributed by atoms with E-state index < -0.39 is 5.97 Å². The van der Waals surface area contributed by atoms with Crippen LogP contribution in [-0.4, -0.2) is 33.4 Å². The van der Waals surface area contributed by atoms with Crippen LogP contribution in [0.3, 0.4) is 0 Å². The maximum Gasteiger partial charge on any atom is 0.303 e. The maximum atomic E-state index is 10.5. The van der Waals surface area contributed by atoms with Gasteiger partial charge in [0.15, 0.2) is 0 Å². The summed E-state index contributed by atoms with van der Waals surface area (Å²) in [6, 6.07) is 6.05. The number of H-pyrrole nitrogens is 2. The fourth-order valence-corrected chi connectivity index (χ4v) is 4.09. The van der Waals surface area contributed by atoms with Gasteiger partial charge in [-0.1, -0.05) is 44.9 Å². The number of aliphatic imine (C=N–C) groups is 1. The van der Waals surface area contributed by atoms with Gasteiger partial charge in [-0.3, -0.25) is 9.79 Å². The molecule has 3 heterocycles. The maximum absolute atomic E-state index is 10.5. The van der Waals surface area contributed by atoms with Crippen LogP contribution >= 0.6 is 0 Å². The van der Waals surface area contributed by atoms with Crippen molar-refractivity contribution in [3.8, 4) is 17.1 Å². The highest BCUT2D eigenvalue weighted by Gasteiger charge is 2.12. The highest BCUT2D eigenvalue weighted by molar-refractivity contribution is 5.99. The number of carbonyl (C=O) groups is 1. The van der Waals surface area contributed by atoms with Gasteiger partial charge in [0.2, 0.25) is 0 Å². The number of rotatable bonds is 16. The summed E-state index contributed by atoms with van der Waals surface area (Å²) in [6.07, 6.45) is 19.9. The molecule has 2 aromatic rings. The van der Waals surface area contributed by atoms with Crippen LogP contribution in [0.25, 0.3) is 17.5 Å². The van der Waals surface area contributed by atoms with Gasteiger partial charge in [0.05, 0.1) is 29.4 Å². The number of nitrogens with one attached hydrogen (secondary N) is 2. The molecule has 0 aromatic carbocycles. The van der Waals surface area contributed by atoms with E-state index >= 15 is 0 Å². The van der Waals surface area contributed by atoms with Gasteiger partial charge in [-0.05, 0) is 56.5 Å². The van der Waals surface area contributed by atoms with Gasteiger partial charge in [-0.2, -0.15) is 0 Å². The van der Waals surface area contributed by atoms with Crippen LogP contribution in [0.2, 0.25) is 0 Å². The molecule has 0 unspecified atom stereocenters. The van der Waals surface area contributed by atoms with E-state index in [1.165, 1.54) is 38.5 Å². The molecule has 178 valence electrons. The molecule has 6 heteroatoms. The zero-order valence-corrected chi connectivity index (χ0v) is 19.7. The Labute approximate surface area is 196 Å². The molecule has 1 aliphatic rings. The molecule has 0 saturated carbocycles. The molecule has 3 rings (SSSR count). The zero-order valence-electron chi connectivity index (χ0n) is 19.7. The van der Waals surface area contributed by atoms with Crippen LogP contribution in [0.1, 0.15) is 83.2 Å². The Balaban J connectivity index is 1.37. The van der Waals surface area contributed by atoms with E-state index in [0.717, 1.165) is 59.9 Å². The molecular formula is C27H37N3O3. The Kier molecular flexibility index (Phi) is 10.1. The predicted molar refractivity (Wildman–Crippen MR) is 135 cm³/mol. The minimum absolute atomic E-state index is 0.308. The summed E-state index contributed by atoms with van der Waals surface area (Å²) in [5, 5.41) is 8.64. The minimum Gasteiger partial charge on any atom is -0.492 e. The summed E-state index contributed by atoms with van der Waals surface area (Å²) < 4.78 is 5.82. The normalized spacial score (nSPS) is 14.2. The Morgan fingerprint density at radius 2 is 1.76 bits per heavy atom. The van der Waals surface area contributed by atoms with E-state index in [2.05, 4.69) is 28.2 Å². The van der Waals surface area contributed by atoms with E-state index in [9.17, 15) is 4.79 Å². The summed E-state index contributed by atoms with van der Waals surface area (Å²) in [6.45, 7) is 2.61. The van der Waals surface area contributed by atoms with E-state index in [-0.39, 0.29) is 0 Å². The van der Waals surface area contributed by atoms with Gasteiger partial charge >= 0.3 is 5.97 Å². The van der Waals surface area contributed by atoms with Gasteiger partial charge in [-0.15, -0.1) is 0 Å². The number of allylic oxidation sites excluding steroid dienone is 2. The van der Waals surface area contributed by atoms with Gasteiger partial charge in [-0.25, -0.2) is 0 Å². The second kappa shape index (κ2) is 13.5. The van der Waals surface area contributed by atoms with Crippen molar-refractivity contribution in [3.05, 3.63) is 47.9 Å². The molecule has 0 fully saturated rings. The number of nitrogens with zero attached hydrogens (tertiary/aromatic N) is 1.